The molecule has 0 spiro atoms. The predicted octanol–water partition coefficient (Wildman–Crippen LogP) is 4.06. The Labute approximate surface area is 135 Å². The summed E-state index contributed by atoms with van der Waals surface area (Å²) in [5.74, 6) is 0. The highest BCUT2D eigenvalue weighted by Gasteiger charge is 2.40. The number of hydrogen-bond donors (Lipinski definition) is 0. The normalized spacial score (nSPS) is 24.8. The maximum atomic E-state index is 6.00. The van der Waals surface area contributed by atoms with E-state index in [0.717, 1.165) is 12.8 Å². The second-order valence-electron chi connectivity index (χ2n) is 6.28. The summed E-state index contributed by atoms with van der Waals surface area (Å²) in [4.78, 5) is 15.8. The SMILES string of the molecule is CC1CCC(Cn2ccnc2)(c2cccc3ccccc23)OO1. The summed E-state index contributed by atoms with van der Waals surface area (Å²) in [6.45, 7) is 2.73. The summed E-state index contributed by atoms with van der Waals surface area (Å²) in [6.07, 6.45) is 7.60. The Morgan fingerprint density at radius 2 is 2.09 bits per heavy atom. The van der Waals surface area contributed by atoms with Gasteiger partial charge in [-0.3, -0.25) is 0 Å². The summed E-state index contributed by atoms with van der Waals surface area (Å²) >= 11 is 0. The van der Waals surface area contributed by atoms with Crippen LogP contribution in [0.3, 0.4) is 0 Å². The fourth-order valence-corrected chi connectivity index (χ4v) is 3.37. The zero-order chi connectivity index (χ0) is 15.7. The van der Waals surface area contributed by atoms with Crippen LogP contribution < -0.4 is 0 Å². The maximum absolute atomic E-state index is 6.00. The minimum atomic E-state index is -0.492. The van der Waals surface area contributed by atoms with E-state index in [1.165, 1.54) is 16.3 Å². The fraction of sp³-hybridized carbons (Fsp3) is 0.316. The predicted molar refractivity (Wildman–Crippen MR) is 88.7 cm³/mol. The first-order chi connectivity index (χ1) is 11.3. The average molecular weight is 308 g/mol. The van der Waals surface area contributed by atoms with Gasteiger partial charge in [-0.05, 0) is 36.1 Å². The van der Waals surface area contributed by atoms with Gasteiger partial charge in [-0.25, -0.2) is 14.8 Å². The molecule has 3 aromatic rings. The Morgan fingerprint density at radius 3 is 2.87 bits per heavy atom. The molecule has 118 valence electrons. The molecular formula is C19H20N2O2. The Morgan fingerprint density at radius 1 is 1.22 bits per heavy atom. The molecule has 0 N–H and O–H groups in total. The van der Waals surface area contributed by atoms with Gasteiger partial charge in [0.2, 0.25) is 0 Å². The summed E-state index contributed by atoms with van der Waals surface area (Å²) in [5.41, 5.74) is 0.685. The van der Waals surface area contributed by atoms with Crippen LogP contribution in [0.15, 0.2) is 61.2 Å². The number of fused-ring (bicyclic) bond motifs is 1. The van der Waals surface area contributed by atoms with E-state index in [0.29, 0.717) is 6.54 Å². The van der Waals surface area contributed by atoms with E-state index in [1.807, 2.05) is 19.4 Å². The minimum Gasteiger partial charge on any atom is -0.334 e. The third-order valence-corrected chi connectivity index (χ3v) is 4.60. The highest BCUT2D eigenvalue weighted by Crippen LogP contribution is 2.41. The first kappa shape index (κ1) is 14.4. The van der Waals surface area contributed by atoms with E-state index in [4.69, 9.17) is 9.78 Å². The van der Waals surface area contributed by atoms with Crippen LogP contribution in [0, 0.1) is 0 Å². The van der Waals surface area contributed by atoms with E-state index in [1.54, 1.807) is 6.20 Å². The van der Waals surface area contributed by atoms with Gasteiger partial charge in [0.05, 0.1) is 19.0 Å². The first-order valence-corrected chi connectivity index (χ1v) is 8.05. The quantitative estimate of drug-likeness (QED) is 0.685. The van der Waals surface area contributed by atoms with Crippen molar-refractivity contribution in [3.63, 3.8) is 0 Å². The monoisotopic (exact) mass is 308 g/mol. The number of rotatable bonds is 3. The molecule has 1 fully saturated rings. The van der Waals surface area contributed by atoms with Gasteiger partial charge in [0.25, 0.3) is 0 Å². The van der Waals surface area contributed by atoms with Gasteiger partial charge in [-0.2, -0.15) is 0 Å². The molecule has 1 saturated heterocycles. The number of benzene rings is 2. The van der Waals surface area contributed by atoms with Crippen LogP contribution in [0.25, 0.3) is 10.8 Å². The third kappa shape index (κ3) is 2.64. The molecule has 4 heteroatoms. The molecule has 2 heterocycles. The molecule has 1 aliphatic rings. The number of aromatic nitrogens is 2. The van der Waals surface area contributed by atoms with Crippen molar-refractivity contribution in [2.75, 3.05) is 0 Å². The van der Waals surface area contributed by atoms with E-state index in [-0.39, 0.29) is 6.10 Å². The Balaban J connectivity index is 1.83. The molecule has 1 aliphatic heterocycles. The lowest BCUT2D eigenvalue weighted by atomic mass is 9.84. The molecule has 2 aromatic carbocycles. The van der Waals surface area contributed by atoms with Crippen molar-refractivity contribution in [1.82, 2.24) is 9.55 Å². The van der Waals surface area contributed by atoms with Gasteiger partial charge in [0.1, 0.15) is 5.60 Å². The zero-order valence-electron chi connectivity index (χ0n) is 13.2. The molecule has 2 atom stereocenters. The lowest BCUT2D eigenvalue weighted by molar-refractivity contribution is -0.414. The highest BCUT2D eigenvalue weighted by molar-refractivity contribution is 5.86. The molecule has 0 amide bonds. The summed E-state index contributed by atoms with van der Waals surface area (Å²) in [6, 6.07) is 14.8. The molecule has 4 nitrogen and oxygen atoms in total. The molecule has 0 saturated carbocycles. The van der Waals surface area contributed by atoms with E-state index < -0.39 is 5.60 Å². The molecule has 0 aliphatic carbocycles. The fourth-order valence-electron chi connectivity index (χ4n) is 3.37. The van der Waals surface area contributed by atoms with Crippen LogP contribution in [0.4, 0.5) is 0 Å². The van der Waals surface area contributed by atoms with Crippen molar-refractivity contribution >= 4 is 10.8 Å². The molecule has 0 radical (unpaired) electrons. The van der Waals surface area contributed by atoms with Crippen molar-refractivity contribution in [3.8, 4) is 0 Å². The number of hydrogen-bond acceptors (Lipinski definition) is 3. The molecule has 1 aromatic heterocycles. The minimum absolute atomic E-state index is 0.126. The Hall–Kier alpha value is -2.17. The maximum Gasteiger partial charge on any atom is 0.147 e. The van der Waals surface area contributed by atoms with E-state index in [9.17, 15) is 0 Å². The lowest BCUT2D eigenvalue weighted by Gasteiger charge is -2.39. The Bertz CT molecular complexity index is 785. The molecule has 4 rings (SSSR count). The second-order valence-corrected chi connectivity index (χ2v) is 6.28. The van der Waals surface area contributed by atoms with Crippen LogP contribution in [0.2, 0.25) is 0 Å². The van der Waals surface area contributed by atoms with Crippen LogP contribution in [0.5, 0.6) is 0 Å². The van der Waals surface area contributed by atoms with Crippen molar-refractivity contribution in [2.24, 2.45) is 0 Å². The van der Waals surface area contributed by atoms with E-state index in [2.05, 4.69) is 52.0 Å². The van der Waals surface area contributed by atoms with Gasteiger partial charge in [0.15, 0.2) is 0 Å². The van der Waals surface area contributed by atoms with Crippen molar-refractivity contribution < 1.29 is 9.78 Å². The molecule has 2 unspecified atom stereocenters. The smallest absolute Gasteiger partial charge is 0.147 e. The molecule has 0 bridgehead atoms. The molecule has 23 heavy (non-hydrogen) atoms. The van der Waals surface area contributed by atoms with Crippen LogP contribution in [-0.4, -0.2) is 15.7 Å². The highest BCUT2D eigenvalue weighted by atomic mass is 17.2. The number of nitrogens with zero attached hydrogens (tertiary/aromatic N) is 2. The van der Waals surface area contributed by atoms with Gasteiger partial charge < -0.3 is 4.57 Å². The lowest BCUT2D eigenvalue weighted by Crippen LogP contribution is -2.40. The van der Waals surface area contributed by atoms with Gasteiger partial charge in [-0.1, -0.05) is 42.5 Å². The van der Waals surface area contributed by atoms with Crippen LogP contribution >= 0.6 is 0 Å². The van der Waals surface area contributed by atoms with Crippen molar-refractivity contribution in [1.29, 1.82) is 0 Å². The number of imidazole rings is 1. The first-order valence-electron chi connectivity index (χ1n) is 8.05. The van der Waals surface area contributed by atoms with Gasteiger partial charge in [-0.15, -0.1) is 0 Å². The van der Waals surface area contributed by atoms with Gasteiger partial charge >= 0.3 is 0 Å². The Kier molecular flexibility index (Phi) is 3.63. The van der Waals surface area contributed by atoms with Crippen molar-refractivity contribution in [2.45, 2.75) is 38.0 Å². The molecular weight excluding hydrogens is 288 g/mol. The van der Waals surface area contributed by atoms with Gasteiger partial charge in [0, 0.05) is 12.4 Å². The standard InChI is InChI=1S/C19H20N2O2/c1-15-9-10-19(23-22-15,13-21-12-11-20-14-21)18-8-4-6-16-5-2-3-7-17(16)18/h2-8,11-12,14-15H,9-10,13H2,1H3. The largest absolute Gasteiger partial charge is 0.334 e. The van der Waals surface area contributed by atoms with Crippen LogP contribution in [-0.2, 0) is 21.9 Å². The summed E-state index contributed by atoms with van der Waals surface area (Å²) in [7, 11) is 0. The van der Waals surface area contributed by atoms with E-state index >= 15 is 0 Å². The zero-order valence-corrected chi connectivity index (χ0v) is 13.2. The summed E-state index contributed by atoms with van der Waals surface area (Å²) < 4.78 is 2.06. The topological polar surface area (TPSA) is 36.3 Å². The van der Waals surface area contributed by atoms with Crippen LogP contribution in [0.1, 0.15) is 25.3 Å². The summed E-state index contributed by atoms with van der Waals surface area (Å²) in [5, 5.41) is 2.44. The average Bonchev–Trinajstić information content (AvgIpc) is 3.09. The van der Waals surface area contributed by atoms with Crippen molar-refractivity contribution in [3.05, 3.63) is 66.7 Å². The third-order valence-electron chi connectivity index (χ3n) is 4.60. The second kappa shape index (κ2) is 5.80.